The van der Waals surface area contributed by atoms with E-state index in [0.717, 1.165) is 51.4 Å². The maximum absolute atomic E-state index is 13.0. The van der Waals surface area contributed by atoms with E-state index in [9.17, 15) is 4.79 Å². The first kappa shape index (κ1) is 20.0. The first-order valence-corrected chi connectivity index (χ1v) is 10.8. The average Bonchev–Trinajstić information content (AvgIpc) is 3.27. The third kappa shape index (κ3) is 5.22. The van der Waals surface area contributed by atoms with Crippen LogP contribution in [0, 0.1) is 5.92 Å². The van der Waals surface area contributed by atoms with Gasteiger partial charge in [0, 0.05) is 51.0 Å². The van der Waals surface area contributed by atoms with Crippen molar-refractivity contribution in [3.05, 3.63) is 48.3 Å². The number of amides is 1. The quantitative estimate of drug-likeness (QED) is 0.810. The maximum Gasteiger partial charge on any atom is 0.227 e. The Morgan fingerprint density at radius 2 is 2.10 bits per heavy atom. The second-order valence-electron chi connectivity index (χ2n) is 8.43. The van der Waals surface area contributed by atoms with Gasteiger partial charge >= 0.3 is 0 Å². The molecule has 7 heteroatoms. The van der Waals surface area contributed by atoms with E-state index in [1.54, 1.807) is 12.4 Å². The minimum Gasteiger partial charge on any atom is -0.347 e. The molecule has 1 atom stereocenters. The Hall–Kier alpha value is -2.25. The lowest BCUT2D eigenvalue weighted by molar-refractivity contribution is -0.137. The van der Waals surface area contributed by atoms with Crippen LogP contribution in [0.4, 0.5) is 0 Å². The molecule has 2 aromatic rings. The molecule has 2 fully saturated rings. The van der Waals surface area contributed by atoms with Crippen LogP contribution in [0.5, 0.6) is 0 Å². The molecule has 0 spiro atoms. The van der Waals surface area contributed by atoms with Crippen molar-refractivity contribution in [3.63, 3.8) is 0 Å². The van der Waals surface area contributed by atoms with Gasteiger partial charge < -0.3 is 9.88 Å². The van der Waals surface area contributed by atoms with Gasteiger partial charge in [0.25, 0.3) is 0 Å². The number of nitrogens with one attached hydrogen (secondary N) is 1. The van der Waals surface area contributed by atoms with Gasteiger partial charge in [0.2, 0.25) is 5.91 Å². The van der Waals surface area contributed by atoms with E-state index in [2.05, 4.69) is 30.8 Å². The normalized spacial score (nSPS) is 21.9. The summed E-state index contributed by atoms with van der Waals surface area (Å²) in [6.07, 6.45) is 11.8. The number of rotatable bonds is 6. The lowest BCUT2D eigenvalue weighted by Gasteiger charge is -2.42. The summed E-state index contributed by atoms with van der Waals surface area (Å²) >= 11 is 0. The van der Waals surface area contributed by atoms with Crippen LogP contribution in [-0.2, 0) is 17.9 Å². The first-order valence-electron chi connectivity index (χ1n) is 10.8. The molecule has 2 aromatic heterocycles. The molecule has 156 valence electrons. The van der Waals surface area contributed by atoms with Gasteiger partial charge in [0.15, 0.2) is 0 Å². The van der Waals surface area contributed by atoms with E-state index >= 15 is 0 Å². The lowest BCUT2D eigenvalue weighted by Crippen LogP contribution is -2.50. The Bertz CT molecular complexity index is 757. The summed E-state index contributed by atoms with van der Waals surface area (Å²) in [7, 11) is 1.89. The summed E-state index contributed by atoms with van der Waals surface area (Å²) < 4.78 is 0. The molecule has 2 saturated heterocycles. The van der Waals surface area contributed by atoms with Gasteiger partial charge in [0.05, 0.1) is 12.5 Å². The zero-order valence-electron chi connectivity index (χ0n) is 17.3. The lowest BCUT2D eigenvalue weighted by atomic mass is 9.93. The number of hydrogen-bond acceptors (Lipinski definition) is 5. The molecule has 0 bridgehead atoms. The van der Waals surface area contributed by atoms with E-state index < -0.39 is 0 Å². The number of hydrogen-bond donors (Lipinski definition) is 1. The molecule has 4 rings (SSSR count). The van der Waals surface area contributed by atoms with Crippen LogP contribution in [0.1, 0.15) is 37.1 Å². The summed E-state index contributed by atoms with van der Waals surface area (Å²) in [6, 6.07) is 4.76. The smallest absolute Gasteiger partial charge is 0.227 e. The van der Waals surface area contributed by atoms with Crippen molar-refractivity contribution in [2.75, 3.05) is 33.2 Å². The molecule has 0 aliphatic carbocycles. The van der Waals surface area contributed by atoms with Gasteiger partial charge in [-0.1, -0.05) is 6.07 Å². The van der Waals surface area contributed by atoms with Crippen LogP contribution in [0.2, 0.25) is 0 Å². The van der Waals surface area contributed by atoms with Crippen molar-refractivity contribution in [1.29, 1.82) is 0 Å². The zero-order valence-corrected chi connectivity index (χ0v) is 17.3. The van der Waals surface area contributed by atoms with Crippen LogP contribution in [0.15, 0.2) is 36.9 Å². The first-order chi connectivity index (χ1) is 14.2. The predicted octanol–water partition coefficient (Wildman–Crippen LogP) is 2.14. The van der Waals surface area contributed by atoms with E-state index in [1.807, 2.05) is 30.4 Å². The molecular formula is C22H32N6O. The highest BCUT2D eigenvalue weighted by molar-refractivity contribution is 5.78. The van der Waals surface area contributed by atoms with Crippen molar-refractivity contribution in [1.82, 2.24) is 29.7 Å². The fourth-order valence-corrected chi connectivity index (χ4v) is 4.73. The average molecular weight is 397 g/mol. The molecule has 0 radical (unpaired) electrons. The largest absolute Gasteiger partial charge is 0.347 e. The number of likely N-dealkylation sites (tertiary alicyclic amines) is 2. The minimum atomic E-state index is 0.108. The second kappa shape index (κ2) is 9.50. The Labute approximate surface area is 173 Å². The van der Waals surface area contributed by atoms with Gasteiger partial charge in [-0.25, -0.2) is 4.98 Å². The van der Waals surface area contributed by atoms with Crippen molar-refractivity contribution >= 4 is 5.91 Å². The van der Waals surface area contributed by atoms with Gasteiger partial charge in [-0.05, 0) is 56.9 Å². The topological polar surface area (TPSA) is 68.4 Å². The number of carbonyl (C=O) groups excluding carboxylic acids is 1. The highest BCUT2D eigenvalue weighted by Crippen LogP contribution is 2.25. The number of piperidine rings is 2. The number of H-pyrrole nitrogens is 1. The van der Waals surface area contributed by atoms with Gasteiger partial charge in [-0.3, -0.25) is 19.6 Å². The molecule has 1 N–H and O–H groups in total. The van der Waals surface area contributed by atoms with Crippen molar-refractivity contribution in [2.45, 2.75) is 44.8 Å². The summed E-state index contributed by atoms with van der Waals surface area (Å²) in [5.74, 6) is 1.20. The Kier molecular flexibility index (Phi) is 6.56. The number of nitrogens with zero attached hydrogens (tertiary/aromatic N) is 5. The number of carbonyl (C=O) groups is 1. The molecule has 0 saturated carbocycles. The van der Waals surface area contributed by atoms with Crippen molar-refractivity contribution in [3.8, 4) is 0 Å². The Morgan fingerprint density at radius 1 is 1.24 bits per heavy atom. The Balaban J connectivity index is 1.26. The fourth-order valence-electron chi connectivity index (χ4n) is 4.73. The van der Waals surface area contributed by atoms with Crippen LogP contribution < -0.4 is 0 Å². The third-order valence-electron chi connectivity index (χ3n) is 6.32. The van der Waals surface area contributed by atoms with Crippen LogP contribution in [0.3, 0.4) is 0 Å². The Morgan fingerprint density at radius 3 is 2.83 bits per heavy atom. The monoisotopic (exact) mass is 396 g/mol. The highest BCUT2D eigenvalue weighted by Gasteiger charge is 2.32. The minimum absolute atomic E-state index is 0.108. The zero-order chi connectivity index (χ0) is 20.1. The summed E-state index contributed by atoms with van der Waals surface area (Å²) in [5, 5.41) is 0. The van der Waals surface area contributed by atoms with Crippen LogP contribution >= 0.6 is 0 Å². The van der Waals surface area contributed by atoms with E-state index in [-0.39, 0.29) is 11.8 Å². The van der Waals surface area contributed by atoms with E-state index in [0.29, 0.717) is 12.6 Å². The number of aromatic amines is 1. The van der Waals surface area contributed by atoms with Crippen LogP contribution in [0.25, 0.3) is 0 Å². The molecule has 1 amide bonds. The summed E-state index contributed by atoms with van der Waals surface area (Å²) in [5.41, 5.74) is 1.29. The van der Waals surface area contributed by atoms with Gasteiger partial charge in [-0.15, -0.1) is 0 Å². The number of aromatic nitrogens is 3. The molecule has 0 unspecified atom stereocenters. The van der Waals surface area contributed by atoms with E-state index in [1.165, 1.54) is 18.4 Å². The molecule has 4 heterocycles. The van der Waals surface area contributed by atoms with E-state index in [4.69, 9.17) is 0 Å². The summed E-state index contributed by atoms with van der Waals surface area (Å²) in [4.78, 5) is 31.4. The van der Waals surface area contributed by atoms with Gasteiger partial charge in [-0.2, -0.15) is 0 Å². The number of pyridine rings is 1. The standard InChI is InChI=1S/C22H32N6O/c1-26(17-21-24-9-10-25-21)22(29)19-5-3-11-28(16-19)20-6-12-27(13-7-20)15-18-4-2-8-23-14-18/h2,4,8-10,14,19-20H,3,5-7,11-13,15-17H2,1H3,(H,24,25)/t19-/m0/s1. The third-order valence-corrected chi connectivity index (χ3v) is 6.32. The predicted molar refractivity (Wildman–Crippen MR) is 112 cm³/mol. The summed E-state index contributed by atoms with van der Waals surface area (Å²) in [6.45, 7) is 5.79. The second-order valence-corrected chi connectivity index (χ2v) is 8.43. The van der Waals surface area contributed by atoms with Crippen molar-refractivity contribution in [2.24, 2.45) is 5.92 Å². The molecule has 2 aliphatic heterocycles. The molecule has 0 aromatic carbocycles. The fraction of sp³-hybridized carbons (Fsp3) is 0.591. The molecular weight excluding hydrogens is 364 g/mol. The highest BCUT2D eigenvalue weighted by atomic mass is 16.2. The van der Waals surface area contributed by atoms with Crippen molar-refractivity contribution < 1.29 is 4.79 Å². The maximum atomic E-state index is 13.0. The van der Waals surface area contributed by atoms with Gasteiger partial charge in [0.1, 0.15) is 5.82 Å². The molecule has 29 heavy (non-hydrogen) atoms. The van der Waals surface area contributed by atoms with Crippen LogP contribution in [-0.4, -0.2) is 74.8 Å². The number of imidazole rings is 1. The molecule has 7 nitrogen and oxygen atoms in total. The SMILES string of the molecule is CN(Cc1ncc[nH]1)C(=O)[C@H]1CCCN(C2CCN(Cc3cccnc3)CC2)C1. The molecule has 2 aliphatic rings.